The third-order valence-electron chi connectivity index (χ3n) is 4.05. The van der Waals surface area contributed by atoms with Crippen molar-refractivity contribution in [3.8, 4) is 0 Å². The van der Waals surface area contributed by atoms with E-state index in [4.69, 9.17) is 4.74 Å². The SMILES string of the molecule is O=C(COC(=O)c1cccc(S(=O)(=O)N2CCCC2)c1)NC1CC1. The quantitative estimate of drug-likeness (QED) is 0.768. The second kappa shape index (κ2) is 6.90. The lowest BCUT2D eigenvalue weighted by molar-refractivity contribution is -0.124. The summed E-state index contributed by atoms with van der Waals surface area (Å²) in [5.41, 5.74) is 0.120. The highest BCUT2D eigenvalue weighted by Crippen LogP contribution is 2.22. The first-order valence-electron chi connectivity index (χ1n) is 8.03. The molecule has 1 N–H and O–H groups in total. The van der Waals surface area contributed by atoms with Gasteiger partial charge >= 0.3 is 5.97 Å². The molecule has 0 aromatic heterocycles. The van der Waals surface area contributed by atoms with Gasteiger partial charge in [0.25, 0.3) is 5.91 Å². The fourth-order valence-corrected chi connectivity index (χ4v) is 4.14. The van der Waals surface area contributed by atoms with E-state index in [1.807, 2.05) is 0 Å². The summed E-state index contributed by atoms with van der Waals surface area (Å²) in [5.74, 6) is -1.05. The Bertz CT molecular complexity index is 737. The van der Waals surface area contributed by atoms with E-state index in [0.29, 0.717) is 13.1 Å². The van der Waals surface area contributed by atoms with Gasteiger partial charge in [-0.25, -0.2) is 13.2 Å². The number of ether oxygens (including phenoxy) is 1. The molecule has 1 aliphatic carbocycles. The highest BCUT2D eigenvalue weighted by molar-refractivity contribution is 7.89. The highest BCUT2D eigenvalue weighted by Gasteiger charge is 2.28. The van der Waals surface area contributed by atoms with Crippen LogP contribution in [-0.4, -0.2) is 50.3 Å². The van der Waals surface area contributed by atoms with Crippen LogP contribution in [0.3, 0.4) is 0 Å². The van der Waals surface area contributed by atoms with Gasteiger partial charge in [-0.05, 0) is 43.9 Å². The Labute approximate surface area is 141 Å². The van der Waals surface area contributed by atoms with E-state index in [2.05, 4.69) is 5.32 Å². The smallest absolute Gasteiger partial charge is 0.338 e. The van der Waals surface area contributed by atoms with Crippen LogP contribution >= 0.6 is 0 Å². The second-order valence-corrected chi connectivity index (χ2v) is 7.99. The fourth-order valence-electron chi connectivity index (χ4n) is 2.57. The standard InChI is InChI=1S/C16H20N2O5S/c19-15(17-13-6-7-13)11-23-16(20)12-4-3-5-14(10-12)24(21,22)18-8-1-2-9-18/h3-5,10,13H,1-2,6-9,11H2,(H,17,19). The maximum absolute atomic E-state index is 12.5. The van der Waals surface area contributed by atoms with Crippen molar-refractivity contribution in [1.29, 1.82) is 0 Å². The van der Waals surface area contributed by atoms with Gasteiger partial charge in [-0.15, -0.1) is 0 Å². The van der Waals surface area contributed by atoms with E-state index in [-0.39, 0.29) is 29.0 Å². The van der Waals surface area contributed by atoms with Gasteiger partial charge < -0.3 is 10.1 Å². The van der Waals surface area contributed by atoms with Crippen LogP contribution in [0, 0.1) is 0 Å². The van der Waals surface area contributed by atoms with Crippen molar-refractivity contribution in [3.05, 3.63) is 29.8 Å². The zero-order valence-electron chi connectivity index (χ0n) is 13.2. The van der Waals surface area contributed by atoms with Crippen molar-refractivity contribution >= 4 is 21.9 Å². The second-order valence-electron chi connectivity index (χ2n) is 6.06. The molecule has 24 heavy (non-hydrogen) atoms. The number of rotatable bonds is 6. The molecule has 7 nitrogen and oxygen atoms in total. The molecule has 130 valence electrons. The molecule has 3 rings (SSSR count). The first kappa shape index (κ1) is 16.9. The predicted octanol–water partition coefficient (Wildman–Crippen LogP) is 0.907. The summed E-state index contributed by atoms with van der Waals surface area (Å²) < 4.78 is 31.4. The lowest BCUT2D eigenvalue weighted by atomic mass is 10.2. The summed E-state index contributed by atoms with van der Waals surface area (Å²) in [6, 6.07) is 5.94. The van der Waals surface area contributed by atoms with Crippen molar-refractivity contribution in [1.82, 2.24) is 9.62 Å². The number of benzene rings is 1. The molecule has 1 saturated carbocycles. The fraction of sp³-hybridized carbons (Fsp3) is 0.500. The summed E-state index contributed by atoms with van der Waals surface area (Å²) in [7, 11) is -3.59. The first-order chi connectivity index (χ1) is 11.5. The van der Waals surface area contributed by atoms with E-state index in [0.717, 1.165) is 25.7 Å². The van der Waals surface area contributed by atoms with Gasteiger partial charge in [-0.3, -0.25) is 4.79 Å². The van der Waals surface area contributed by atoms with Crippen LogP contribution in [0.5, 0.6) is 0 Å². The molecule has 8 heteroatoms. The number of esters is 1. The van der Waals surface area contributed by atoms with Crippen LogP contribution in [0.25, 0.3) is 0 Å². The Balaban J connectivity index is 1.65. The molecule has 0 atom stereocenters. The molecule has 1 aromatic rings. The maximum Gasteiger partial charge on any atom is 0.338 e. The normalized spacial score (nSPS) is 18.3. The number of hydrogen-bond acceptors (Lipinski definition) is 5. The van der Waals surface area contributed by atoms with E-state index in [1.54, 1.807) is 0 Å². The molecular weight excluding hydrogens is 332 g/mol. The summed E-state index contributed by atoms with van der Waals surface area (Å²) in [4.78, 5) is 23.6. The van der Waals surface area contributed by atoms with Gasteiger partial charge in [0, 0.05) is 19.1 Å². The first-order valence-corrected chi connectivity index (χ1v) is 9.47. The Morgan fingerprint density at radius 1 is 1.21 bits per heavy atom. The van der Waals surface area contributed by atoms with Gasteiger partial charge in [0.15, 0.2) is 6.61 Å². The largest absolute Gasteiger partial charge is 0.452 e. The molecule has 2 fully saturated rings. The van der Waals surface area contributed by atoms with Crippen molar-refractivity contribution in [2.24, 2.45) is 0 Å². The number of nitrogens with zero attached hydrogens (tertiary/aromatic N) is 1. The van der Waals surface area contributed by atoms with Gasteiger partial charge in [0.2, 0.25) is 10.0 Å². The lowest BCUT2D eigenvalue weighted by Crippen LogP contribution is -2.30. The minimum absolute atomic E-state index is 0.0706. The van der Waals surface area contributed by atoms with Crippen molar-refractivity contribution in [3.63, 3.8) is 0 Å². The third kappa shape index (κ3) is 3.93. The minimum Gasteiger partial charge on any atom is -0.452 e. The summed E-state index contributed by atoms with van der Waals surface area (Å²) in [5, 5.41) is 2.71. The van der Waals surface area contributed by atoms with Crippen molar-refractivity contribution in [2.75, 3.05) is 19.7 Å². The Morgan fingerprint density at radius 3 is 2.58 bits per heavy atom. The van der Waals surface area contributed by atoms with Crippen LogP contribution in [0.15, 0.2) is 29.2 Å². The average molecular weight is 352 g/mol. The topological polar surface area (TPSA) is 92.8 Å². The molecular formula is C16H20N2O5S. The highest BCUT2D eigenvalue weighted by atomic mass is 32.2. The van der Waals surface area contributed by atoms with E-state index in [1.165, 1.54) is 28.6 Å². The van der Waals surface area contributed by atoms with Crippen LogP contribution in [-0.2, 0) is 19.6 Å². The molecule has 1 aromatic carbocycles. The Kier molecular flexibility index (Phi) is 4.86. The summed E-state index contributed by atoms with van der Waals surface area (Å²) in [6.07, 6.45) is 3.60. The average Bonchev–Trinajstić information content (AvgIpc) is 3.20. The van der Waals surface area contributed by atoms with Gasteiger partial charge in [0.05, 0.1) is 10.5 Å². The van der Waals surface area contributed by atoms with Crippen LogP contribution in [0.2, 0.25) is 0 Å². The zero-order valence-corrected chi connectivity index (χ0v) is 14.0. The molecule has 0 unspecified atom stereocenters. The molecule has 0 radical (unpaired) electrons. The van der Waals surface area contributed by atoms with E-state index in [9.17, 15) is 18.0 Å². The molecule has 1 saturated heterocycles. The van der Waals surface area contributed by atoms with Gasteiger partial charge in [-0.2, -0.15) is 4.31 Å². The van der Waals surface area contributed by atoms with Crippen LogP contribution in [0.4, 0.5) is 0 Å². The Hall–Kier alpha value is -1.93. The van der Waals surface area contributed by atoms with Gasteiger partial charge in [0.1, 0.15) is 0 Å². The molecule has 1 aliphatic heterocycles. The van der Waals surface area contributed by atoms with Crippen molar-refractivity contribution in [2.45, 2.75) is 36.6 Å². The zero-order chi connectivity index (χ0) is 17.2. The molecule has 1 heterocycles. The number of nitrogens with one attached hydrogen (secondary N) is 1. The number of carbonyl (C=O) groups excluding carboxylic acids is 2. The van der Waals surface area contributed by atoms with E-state index >= 15 is 0 Å². The number of amides is 1. The van der Waals surface area contributed by atoms with E-state index < -0.39 is 16.0 Å². The molecule has 1 amide bonds. The Morgan fingerprint density at radius 2 is 1.92 bits per heavy atom. The van der Waals surface area contributed by atoms with Crippen LogP contribution in [0.1, 0.15) is 36.0 Å². The van der Waals surface area contributed by atoms with Gasteiger partial charge in [-0.1, -0.05) is 6.07 Å². The monoisotopic (exact) mass is 352 g/mol. The van der Waals surface area contributed by atoms with Crippen LogP contribution < -0.4 is 5.32 Å². The molecule has 2 aliphatic rings. The van der Waals surface area contributed by atoms with Crippen molar-refractivity contribution < 1.29 is 22.7 Å². The predicted molar refractivity (Wildman–Crippen MR) is 85.9 cm³/mol. The maximum atomic E-state index is 12.5. The molecule has 0 spiro atoms. The minimum atomic E-state index is -3.59. The third-order valence-corrected chi connectivity index (χ3v) is 5.94. The number of hydrogen-bond donors (Lipinski definition) is 1. The molecule has 0 bridgehead atoms. The number of sulfonamides is 1. The summed E-state index contributed by atoms with van der Waals surface area (Å²) in [6.45, 7) is 0.634. The number of carbonyl (C=O) groups is 2. The lowest BCUT2D eigenvalue weighted by Gasteiger charge is -2.15. The summed E-state index contributed by atoms with van der Waals surface area (Å²) >= 11 is 0.